The summed E-state index contributed by atoms with van der Waals surface area (Å²) in [6.45, 7) is 6.10. The minimum Gasteiger partial charge on any atom is -0.457 e. The Hall–Kier alpha value is -4.11. The van der Waals surface area contributed by atoms with Crippen LogP contribution in [0.15, 0.2) is 55.1 Å². The van der Waals surface area contributed by atoms with Gasteiger partial charge in [0.05, 0.1) is 28.6 Å². The van der Waals surface area contributed by atoms with E-state index in [9.17, 15) is 0 Å². The Balaban J connectivity index is 1.28. The number of piperidine rings is 1. The molecule has 38 heavy (non-hydrogen) atoms. The second-order valence-corrected chi connectivity index (χ2v) is 10.2. The number of rotatable bonds is 5. The summed E-state index contributed by atoms with van der Waals surface area (Å²) in [6, 6.07) is 13.9. The molecule has 2 aromatic carbocycles. The zero-order valence-corrected chi connectivity index (χ0v) is 21.9. The number of anilines is 2. The van der Waals surface area contributed by atoms with Crippen LogP contribution in [-0.4, -0.2) is 36.6 Å². The van der Waals surface area contributed by atoms with E-state index < -0.39 is 5.82 Å². The van der Waals surface area contributed by atoms with E-state index in [2.05, 4.69) is 39.4 Å². The number of hydrogen-bond acceptors (Lipinski definition) is 7. The third kappa shape index (κ3) is 4.54. The summed E-state index contributed by atoms with van der Waals surface area (Å²) in [5.41, 5.74) is 4.86. The van der Waals surface area contributed by atoms with Gasteiger partial charge in [-0.3, -0.25) is 0 Å². The number of nitrogens with zero attached hydrogens (tertiary/aromatic N) is 5. The van der Waals surface area contributed by atoms with E-state index in [4.69, 9.17) is 9.72 Å². The highest BCUT2D eigenvalue weighted by atomic mass is 19.1. The molecule has 1 aliphatic rings. The second kappa shape index (κ2) is 9.64. The Kier molecular flexibility index (Phi) is 6.15. The van der Waals surface area contributed by atoms with Crippen molar-refractivity contribution in [2.45, 2.75) is 51.6 Å². The number of pyridine rings is 1. The molecule has 1 unspecified atom stereocenters. The van der Waals surface area contributed by atoms with Gasteiger partial charge < -0.3 is 19.9 Å². The van der Waals surface area contributed by atoms with Gasteiger partial charge in [0, 0.05) is 42.4 Å². The molecule has 0 aliphatic carbocycles. The van der Waals surface area contributed by atoms with Crippen molar-refractivity contribution in [3.63, 3.8) is 0 Å². The summed E-state index contributed by atoms with van der Waals surface area (Å²) in [7, 11) is 1.94. The quantitative estimate of drug-likeness (QED) is 0.293. The van der Waals surface area contributed by atoms with Gasteiger partial charge in [0.25, 0.3) is 0 Å². The Morgan fingerprint density at radius 2 is 1.82 bits per heavy atom. The predicted octanol–water partition coefficient (Wildman–Crippen LogP) is 6.14. The summed E-state index contributed by atoms with van der Waals surface area (Å²) in [6.07, 6.45) is 5.25. The molecule has 3 atom stereocenters. The average Bonchev–Trinajstić information content (AvgIpc) is 3.27. The zero-order chi connectivity index (χ0) is 26.4. The van der Waals surface area contributed by atoms with Gasteiger partial charge >= 0.3 is 0 Å². The fraction of sp³-hybridized carbons (Fsp3) is 0.310. The lowest BCUT2D eigenvalue weighted by Crippen LogP contribution is -2.41. The molecule has 0 radical (unpaired) electrons. The number of halogens is 1. The largest absolute Gasteiger partial charge is 0.457 e. The van der Waals surface area contributed by atoms with E-state index in [1.165, 1.54) is 6.33 Å². The Labute approximate surface area is 220 Å². The second-order valence-electron chi connectivity index (χ2n) is 10.2. The van der Waals surface area contributed by atoms with Crippen LogP contribution in [0, 0.1) is 12.7 Å². The average molecular weight is 512 g/mol. The van der Waals surface area contributed by atoms with Gasteiger partial charge in [0.15, 0.2) is 11.6 Å². The first-order valence-corrected chi connectivity index (χ1v) is 12.9. The van der Waals surface area contributed by atoms with Crippen LogP contribution in [0.2, 0.25) is 0 Å². The smallest absolute Gasteiger partial charge is 0.160 e. The van der Waals surface area contributed by atoms with Crippen LogP contribution in [0.1, 0.15) is 43.9 Å². The van der Waals surface area contributed by atoms with Crippen LogP contribution in [0.5, 0.6) is 11.5 Å². The van der Waals surface area contributed by atoms with Gasteiger partial charge in [-0.05, 0) is 70.0 Å². The molecule has 8 nitrogen and oxygen atoms in total. The number of aromatic nitrogens is 5. The monoisotopic (exact) mass is 511 g/mol. The van der Waals surface area contributed by atoms with Gasteiger partial charge in [-0.25, -0.2) is 24.3 Å². The maximum Gasteiger partial charge on any atom is 0.160 e. The molecule has 1 aliphatic heterocycles. The molecule has 3 aromatic heterocycles. The summed E-state index contributed by atoms with van der Waals surface area (Å²) >= 11 is 0. The third-order valence-electron chi connectivity index (χ3n) is 7.28. The van der Waals surface area contributed by atoms with Crippen LogP contribution >= 0.6 is 0 Å². The maximum absolute atomic E-state index is 15.5. The number of benzene rings is 2. The van der Waals surface area contributed by atoms with Crippen LogP contribution in [0.4, 0.5) is 15.9 Å². The zero-order valence-electron chi connectivity index (χ0n) is 21.9. The van der Waals surface area contributed by atoms with E-state index in [1.807, 2.05) is 41.9 Å². The summed E-state index contributed by atoms with van der Waals surface area (Å²) in [4.78, 5) is 18.1. The van der Waals surface area contributed by atoms with Gasteiger partial charge in [-0.2, -0.15) is 0 Å². The highest BCUT2D eigenvalue weighted by molar-refractivity contribution is 5.87. The molecule has 6 rings (SSSR count). The number of hydrogen-bond donors (Lipinski definition) is 2. The lowest BCUT2D eigenvalue weighted by atomic mass is 9.86. The van der Waals surface area contributed by atoms with E-state index in [0.29, 0.717) is 57.6 Å². The molecule has 0 spiro atoms. The lowest BCUT2D eigenvalue weighted by molar-refractivity contribution is 0.314. The standard InChI is InChI=1S/C29H30FN7O/c1-16-11-19(12-17(2)34-16)21-6-7-23-28(35-21)29(32-14-31-23)36-22-8-10-26(18(3)27(22)30)38-20-5-9-25-24(13-20)33-15-37(25)4/h5-10,13-17,19,34H,11-12H2,1-4H3,(H,31,32,36)/t16-,17+,19?. The van der Waals surface area contributed by atoms with Crippen molar-refractivity contribution in [1.29, 1.82) is 0 Å². The molecule has 0 amide bonds. The van der Waals surface area contributed by atoms with Crippen molar-refractivity contribution in [3.05, 3.63) is 72.2 Å². The molecule has 9 heteroatoms. The van der Waals surface area contributed by atoms with Crippen molar-refractivity contribution in [2.75, 3.05) is 5.32 Å². The van der Waals surface area contributed by atoms with Crippen molar-refractivity contribution in [2.24, 2.45) is 7.05 Å². The van der Waals surface area contributed by atoms with Crippen LogP contribution in [0.3, 0.4) is 0 Å². The Morgan fingerprint density at radius 1 is 1.00 bits per heavy atom. The fourth-order valence-corrected chi connectivity index (χ4v) is 5.40. The number of aryl methyl sites for hydroxylation is 1. The molecular formula is C29H30FN7O. The minimum atomic E-state index is -0.412. The number of ether oxygens (including phenoxy) is 1. The van der Waals surface area contributed by atoms with Crippen molar-refractivity contribution in [3.8, 4) is 11.5 Å². The van der Waals surface area contributed by atoms with Crippen molar-refractivity contribution < 1.29 is 9.13 Å². The van der Waals surface area contributed by atoms with Gasteiger partial charge in [0.2, 0.25) is 0 Å². The first-order valence-electron chi connectivity index (χ1n) is 12.9. The lowest BCUT2D eigenvalue weighted by Gasteiger charge is -2.32. The van der Waals surface area contributed by atoms with Crippen molar-refractivity contribution in [1.82, 2.24) is 29.8 Å². The molecule has 1 saturated heterocycles. The number of fused-ring (bicyclic) bond motifs is 2. The normalized spacial score (nSPS) is 19.7. The van der Waals surface area contributed by atoms with E-state index in [1.54, 1.807) is 25.4 Å². The van der Waals surface area contributed by atoms with Crippen LogP contribution < -0.4 is 15.4 Å². The molecule has 0 bridgehead atoms. The number of imidazole rings is 1. The van der Waals surface area contributed by atoms with Crippen LogP contribution in [0.25, 0.3) is 22.1 Å². The van der Waals surface area contributed by atoms with Gasteiger partial charge in [-0.1, -0.05) is 0 Å². The first kappa shape index (κ1) is 24.2. The van der Waals surface area contributed by atoms with E-state index in [-0.39, 0.29) is 0 Å². The van der Waals surface area contributed by atoms with Gasteiger partial charge in [-0.15, -0.1) is 0 Å². The minimum absolute atomic E-state index is 0.298. The fourth-order valence-electron chi connectivity index (χ4n) is 5.40. The molecule has 0 saturated carbocycles. The SMILES string of the molecule is Cc1c(Oc2ccc3c(c2)ncn3C)ccc(Nc2ncnc3ccc(C4C[C@@H](C)N[C@@H](C)C4)nc23)c1F. The Bertz CT molecular complexity index is 1640. The molecule has 4 heterocycles. The predicted molar refractivity (Wildman–Crippen MR) is 147 cm³/mol. The first-order chi connectivity index (χ1) is 18.4. The molecule has 2 N–H and O–H groups in total. The maximum atomic E-state index is 15.5. The van der Waals surface area contributed by atoms with E-state index >= 15 is 4.39 Å². The topological polar surface area (TPSA) is 89.8 Å². The van der Waals surface area contributed by atoms with E-state index in [0.717, 1.165) is 29.6 Å². The molecule has 5 aromatic rings. The van der Waals surface area contributed by atoms with Crippen molar-refractivity contribution >= 4 is 33.6 Å². The summed E-state index contributed by atoms with van der Waals surface area (Å²) in [5.74, 6) is 1.44. The molecular weight excluding hydrogens is 481 g/mol. The summed E-state index contributed by atoms with van der Waals surface area (Å²) in [5, 5.41) is 6.73. The number of nitrogens with one attached hydrogen (secondary N) is 2. The third-order valence-corrected chi connectivity index (χ3v) is 7.28. The molecule has 1 fully saturated rings. The highest BCUT2D eigenvalue weighted by Crippen LogP contribution is 2.34. The summed E-state index contributed by atoms with van der Waals surface area (Å²) < 4.78 is 23.5. The Morgan fingerprint density at radius 3 is 2.63 bits per heavy atom. The van der Waals surface area contributed by atoms with Gasteiger partial charge in [0.1, 0.15) is 23.3 Å². The van der Waals surface area contributed by atoms with Crippen LogP contribution in [-0.2, 0) is 7.05 Å². The highest BCUT2D eigenvalue weighted by Gasteiger charge is 2.26. The molecule has 194 valence electrons.